The van der Waals surface area contributed by atoms with Gasteiger partial charge in [-0.1, -0.05) is 12.6 Å². The first-order valence-corrected chi connectivity index (χ1v) is 12.9. The molecule has 0 atom stereocenters. The Labute approximate surface area is 221 Å². The molecule has 196 valence electrons. The van der Waals surface area contributed by atoms with Crippen LogP contribution in [0.15, 0.2) is 61.7 Å². The average Bonchev–Trinajstić information content (AvgIpc) is 3.77. The van der Waals surface area contributed by atoms with Crippen molar-refractivity contribution in [3.8, 4) is 11.1 Å². The SMILES string of the molecule is C=C(C(=O)Nc1cnccc1NC(=O)C1CC1)c1cc(-c2cncc(CN3CCC(O)CC3)c2)ccc1N. The average molecular weight is 513 g/mol. The van der Waals surface area contributed by atoms with Gasteiger partial charge in [0, 0.05) is 66.5 Å². The number of nitrogen functional groups attached to an aromatic ring is 1. The van der Waals surface area contributed by atoms with Crippen molar-refractivity contribution in [1.29, 1.82) is 0 Å². The Morgan fingerprint density at radius 2 is 1.76 bits per heavy atom. The lowest BCUT2D eigenvalue weighted by Crippen LogP contribution is -2.35. The van der Waals surface area contributed by atoms with E-state index in [1.54, 1.807) is 24.5 Å². The van der Waals surface area contributed by atoms with E-state index < -0.39 is 5.91 Å². The third kappa shape index (κ3) is 6.07. The molecule has 2 amide bonds. The Morgan fingerprint density at radius 3 is 2.53 bits per heavy atom. The van der Waals surface area contributed by atoms with Crippen LogP contribution in [0.3, 0.4) is 0 Å². The summed E-state index contributed by atoms with van der Waals surface area (Å²) < 4.78 is 0. The predicted molar refractivity (Wildman–Crippen MR) is 148 cm³/mol. The van der Waals surface area contributed by atoms with E-state index in [1.807, 2.05) is 18.3 Å². The van der Waals surface area contributed by atoms with Crippen LogP contribution >= 0.6 is 0 Å². The molecule has 0 unspecified atom stereocenters. The molecular weight excluding hydrogens is 480 g/mol. The fourth-order valence-electron chi connectivity index (χ4n) is 4.57. The number of benzene rings is 1. The number of piperidine rings is 1. The Morgan fingerprint density at radius 1 is 0.974 bits per heavy atom. The van der Waals surface area contributed by atoms with Gasteiger partial charge in [0.05, 0.1) is 23.7 Å². The number of aromatic nitrogens is 2. The quantitative estimate of drug-likeness (QED) is 0.267. The van der Waals surface area contributed by atoms with Crippen molar-refractivity contribution in [1.82, 2.24) is 14.9 Å². The number of pyridine rings is 2. The van der Waals surface area contributed by atoms with Gasteiger partial charge in [-0.2, -0.15) is 0 Å². The maximum absolute atomic E-state index is 13.2. The molecule has 1 aromatic carbocycles. The lowest BCUT2D eigenvalue weighted by Gasteiger charge is -2.29. The topological polar surface area (TPSA) is 133 Å². The van der Waals surface area contributed by atoms with Crippen LogP contribution in [0.1, 0.15) is 36.8 Å². The van der Waals surface area contributed by atoms with Crippen LogP contribution in [-0.2, 0) is 16.1 Å². The zero-order chi connectivity index (χ0) is 26.6. The van der Waals surface area contributed by atoms with Crippen LogP contribution in [-0.4, -0.2) is 51.0 Å². The van der Waals surface area contributed by atoms with Gasteiger partial charge in [-0.3, -0.25) is 24.5 Å². The van der Waals surface area contributed by atoms with Crippen LogP contribution < -0.4 is 16.4 Å². The molecule has 1 saturated heterocycles. The van der Waals surface area contributed by atoms with Gasteiger partial charge in [0.2, 0.25) is 5.91 Å². The number of aliphatic hydroxyl groups is 1. The van der Waals surface area contributed by atoms with Crippen LogP contribution in [0.25, 0.3) is 16.7 Å². The molecular formula is C29H32N6O3. The predicted octanol–water partition coefficient (Wildman–Crippen LogP) is 3.68. The van der Waals surface area contributed by atoms with Gasteiger partial charge in [0.1, 0.15) is 0 Å². The minimum Gasteiger partial charge on any atom is -0.398 e. The van der Waals surface area contributed by atoms with E-state index in [1.165, 1.54) is 6.20 Å². The van der Waals surface area contributed by atoms with Gasteiger partial charge < -0.3 is 21.5 Å². The first-order valence-electron chi connectivity index (χ1n) is 12.9. The highest BCUT2D eigenvalue weighted by atomic mass is 16.3. The second kappa shape index (κ2) is 11.1. The third-order valence-electron chi connectivity index (χ3n) is 7.02. The van der Waals surface area contributed by atoms with Crippen LogP contribution in [0.4, 0.5) is 17.1 Å². The van der Waals surface area contributed by atoms with E-state index >= 15 is 0 Å². The molecule has 0 spiro atoms. The fraction of sp³-hybridized carbons (Fsp3) is 0.310. The normalized spacial score (nSPS) is 16.1. The van der Waals surface area contributed by atoms with E-state index in [-0.39, 0.29) is 23.5 Å². The minimum atomic E-state index is -0.442. The number of anilines is 3. The van der Waals surface area contributed by atoms with E-state index in [9.17, 15) is 14.7 Å². The molecule has 2 aromatic heterocycles. The highest BCUT2D eigenvalue weighted by molar-refractivity contribution is 6.26. The summed E-state index contributed by atoms with van der Waals surface area (Å²) in [6, 6.07) is 9.23. The summed E-state index contributed by atoms with van der Waals surface area (Å²) in [7, 11) is 0. The van der Waals surface area contributed by atoms with Crippen LogP contribution in [0.2, 0.25) is 0 Å². The number of nitrogens with one attached hydrogen (secondary N) is 2. The van der Waals surface area contributed by atoms with Crippen LogP contribution in [0, 0.1) is 5.92 Å². The van der Waals surface area contributed by atoms with E-state index in [2.05, 4.69) is 38.1 Å². The number of hydrogen-bond acceptors (Lipinski definition) is 7. The maximum atomic E-state index is 13.2. The fourth-order valence-corrected chi connectivity index (χ4v) is 4.57. The standard InChI is InChI=1S/C29H32N6O3/c1-18(28(37)34-27-16-31-9-6-26(27)33-29(38)20-2-3-20)24-13-21(4-5-25(24)30)22-12-19(14-32-15-22)17-35-10-7-23(36)8-11-35/h4-6,9,12-16,20,23,36H,1-3,7-8,10-11,17,30H2,(H,34,37)(H,31,33,38). The number of likely N-dealkylation sites (tertiary alicyclic amines) is 1. The number of nitrogens with two attached hydrogens (primary N) is 1. The van der Waals surface area contributed by atoms with Gasteiger partial charge in [-0.25, -0.2) is 0 Å². The molecule has 1 aliphatic heterocycles. The molecule has 2 aliphatic rings. The van der Waals surface area contributed by atoms with E-state index in [0.29, 0.717) is 22.6 Å². The van der Waals surface area contributed by atoms with E-state index in [4.69, 9.17) is 5.73 Å². The van der Waals surface area contributed by atoms with Crippen molar-refractivity contribution in [2.45, 2.75) is 38.3 Å². The second-order valence-corrected chi connectivity index (χ2v) is 10.0. The molecule has 3 heterocycles. The molecule has 5 rings (SSSR count). The van der Waals surface area contributed by atoms with Crippen molar-refractivity contribution in [2.75, 3.05) is 29.5 Å². The minimum absolute atomic E-state index is 0.0324. The van der Waals surface area contributed by atoms with Crippen molar-refractivity contribution in [2.24, 2.45) is 5.92 Å². The van der Waals surface area contributed by atoms with Gasteiger partial charge >= 0.3 is 0 Å². The number of nitrogens with zero attached hydrogens (tertiary/aromatic N) is 3. The Balaban J connectivity index is 1.31. The smallest absolute Gasteiger partial charge is 0.255 e. The zero-order valence-corrected chi connectivity index (χ0v) is 21.2. The van der Waals surface area contributed by atoms with Gasteiger partial charge in [0.25, 0.3) is 5.91 Å². The summed E-state index contributed by atoms with van der Waals surface area (Å²) >= 11 is 0. The Kier molecular flexibility index (Phi) is 7.48. The summed E-state index contributed by atoms with van der Waals surface area (Å²) in [6.45, 7) is 6.48. The number of carbonyl (C=O) groups is 2. The van der Waals surface area contributed by atoms with Gasteiger partial charge in [-0.15, -0.1) is 0 Å². The largest absolute Gasteiger partial charge is 0.398 e. The first-order chi connectivity index (χ1) is 18.4. The van der Waals surface area contributed by atoms with Crippen molar-refractivity contribution < 1.29 is 14.7 Å². The summed E-state index contributed by atoms with van der Waals surface area (Å²) in [5.74, 6) is -0.468. The molecule has 9 heteroatoms. The van der Waals surface area contributed by atoms with Crippen LogP contribution in [0.5, 0.6) is 0 Å². The number of amides is 2. The monoisotopic (exact) mass is 512 g/mol. The number of hydrogen-bond donors (Lipinski definition) is 4. The molecule has 3 aromatic rings. The van der Waals surface area contributed by atoms with Gasteiger partial charge in [0.15, 0.2) is 0 Å². The summed E-state index contributed by atoms with van der Waals surface area (Å²) in [6.07, 6.45) is 9.81. The summed E-state index contributed by atoms with van der Waals surface area (Å²) in [5.41, 5.74) is 11.1. The highest BCUT2D eigenvalue weighted by Crippen LogP contribution is 2.32. The number of carbonyl (C=O) groups excluding carboxylic acids is 2. The molecule has 1 saturated carbocycles. The van der Waals surface area contributed by atoms with Crippen molar-refractivity contribution in [3.63, 3.8) is 0 Å². The lowest BCUT2D eigenvalue weighted by atomic mass is 9.97. The second-order valence-electron chi connectivity index (χ2n) is 10.0. The van der Waals surface area contributed by atoms with Gasteiger partial charge in [-0.05, 0) is 61.1 Å². The number of aliphatic hydroxyl groups excluding tert-OH is 1. The zero-order valence-electron chi connectivity index (χ0n) is 21.2. The Bertz CT molecular complexity index is 1360. The molecule has 9 nitrogen and oxygen atoms in total. The highest BCUT2D eigenvalue weighted by Gasteiger charge is 2.30. The summed E-state index contributed by atoms with van der Waals surface area (Å²) in [4.78, 5) is 36.2. The first kappa shape index (κ1) is 25.6. The maximum Gasteiger partial charge on any atom is 0.255 e. The molecule has 0 bridgehead atoms. The molecule has 38 heavy (non-hydrogen) atoms. The lowest BCUT2D eigenvalue weighted by molar-refractivity contribution is -0.117. The molecule has 5 N–H and O–H groups in total. The molecule has 1 aliphatic carbocycles. The van der Waals surface area contributed by atoms with Crippen molar-refractivity contribution >= 4 is 34.4 Å². The van der Waals surface area contributed by atoms with E-state index in [0.717, 1.165) is 62.0 Å². The molecule has 2 fully saturated rings. The Hall–Kier alpha value is -4.08. The number of rotatable bonds is 8. The summed E-state index contributed by atoms with van der Waals surface area (Å²) in [5, 5.41) is 15.4. The third-order valence-corrected chi connectivity index (χ3v) is 7.02. The van der Waals surface area contributed by atoms with Crippen molar-refractivity contribution in [3.05, 3.63) is 72.8 Å². The molecule has 0 radical (unpaired) electrons.